The van der Waals surface area contributed by atoms with E-state index >= 15 is 0 Å². The fourth-order valence-electron chi connectivity index (χ4n) is 2.15. The number of nitrogens with zero attached hydrogens (tertiary/aromatic N) is 3. The Labute approximate surface area is 114 Å². The van der Waals surface area contributed by atoms with E-state index in [4.69, 9.17) is 4.98 Å². The van der Waals surface area contributed by atoms with Crippen LogP contribution in [0.2, 0.25) is 0 Å². The van der Waals surface area contributed by atoms with E-state index in [0.717, 1.165) is 32.7 Å². The van der Waals surface area contributed by atoms with Crippen LogP contribution in [0.1, 0.15) is 25.5 Å². The number of hydrogen-bond acceptors (Lipinski definition) is 5. The van der Waals surface area contributed by atoms with Gasteiger partial charge in [0.2, 0.25) is 0 Å². The highest BCUT2D eigenvalue weighted by atomic mass is 32.1. The molecule has 0 spiro atoms. The van der Waals surface area contributed by atoms with Gasteiger partial charge >= 0.3 is 0 Å². The van der Waals surface area contributed by atoms with E-state index in [9.17, 15) is 0 Å². The maximum atomic E-state index is 4.74. The van der Waals surface area contributed by atoms with Gasteiger partial charge in [0.05, 0.1) is 5.69 Å². The van der Waals surface area contributed by atoms with E-state index in [0.29, 0.717) is 0 Å². The van der Waals surface area contributed by atoms with Gasteiger partial charge in [-0.25, -0.2) is 4.98 Å². The van der Waals surface area contributed by atoms with Gasteiger partial charge in [-0.05, 0) is 33.0 Å². The number of rotatable bonds is 5. The van der Waals surface area contributed by atoms with Crippen LogP contribution in [0.4, 0.5) is 5.13 Å². The number of nitrogens with one attached hydrogen (secondary N) is 1. The first-order chi connectivity index (χ1) is 8.79. The zero-order chi connectivity index (χ0) is 12.8. The molecule has 1 saturated heterocycles. The van der Waals surface area contributed by atoms with Gasteiger partial charge in [-0.1, -0.05) is 6.92 Å². The van der Waals surface area contributed by atoms with Crippen molar-refractivity contribution >= 4 is 16.5 Å². The average Bonchev–Trinajstić information content (AvgIpc) is 2.72. The quantitative estimate of drug-likeness (QED) is 0.825. The fraction of sp³-hybridized carbons (Fsp3) is 0.769. The monoisotopic (exact) mass is 268 g/mol. The molecule has 5 heteroatoms. The molecule has 0 aliphatic carbocycles. The second-order valence-electron chi connectivity index (χ2n) is 4.94. The normalized spacial score (nSPS) is 18.0. The number of anilines is 1. The molecule has 0 radical (unpaired) electrons. The Morgan fingerprint density at radius 3 is 3.06 bits per heavy atom. The van der Waals surface area contributed by atoms with E-state index < -0.39 is 0 Å². The van der Waals surface area contributed by atoms with Gasteiger partial charge in [0, 0.05) is 31.6 Å². The zero-order valence-corrected chi connectivity index (χ0v) is 12.3. The van der Waals surface area contributed by atoms with Crippen LogP contribution in [-0.4, -0.2) is 49.7 Å². The van der Waals surface area contributed by atoms with Crippen molar-refractivity contribution in [1.29, 1.82) is 0 Å². The van der Waals surface area contributed by atoms with E-state index in [2.05, 4.69) is 34.5 Å². The molecule has 0 bridgehead atoms. The van der Waals surface area contributed by atoms with E-state index in [1.807, 2.05) is 0 Å². The fourth-order valence-corrected chi connectivity index (χ4v) is 3.03. The lowest BCUT2D eigenvalue weighted by molar-refractivity contribution is 0.360. The summed E-state index contributed by atoms with van der Waals surface area (Å²) in [6.07, 6.45) is 2.41. The van der Waals surface area contributed by atoms with Crippen LogP contribution in [0, 0.1) is 0 Å². The molecule has 0 saturated carbocycles. The number of aromatic nitrogens is 1. The topological polar surface area (TPSA) is 31.4 Å². The summed E-state index contributed by atoms with van der Waals surface area (Å²) in [5.74, 6) is 0. The third-order valence-corrected chi connectivity index (χ3v) is 4.21. The number of likely N-dealkylation sites (N-methyl/N-ethyl adjacent to an activating group) is 1. The summed E-state index contributed by atoms with van der Waals surface area (Å²) in [4.78, 5) is 9.56. The Morgan fingerprint density at radius 1 is 1.33 bits per heavy atom. The van der Waals surface area contributed by atoms with Gasteiger partial charge in [-0.15, -0.1) is 11.3 Å². The molecule has 1 aromatic rings. The van der Waals surface area contributed by atoms with Crippen LogP contribution >= 0.6 is 11.3 Å². The van der Waals surface area contributed by atoms with E-state index in [1.54, 1.807) is 11.3 Å². The second-order valence-corrected chi connectivity index (χ2v) is 5.78. The molecule has 1 aromatic heterocycles. The summed E-state index contributed by atoms with van der Waals surface area (Å²) in [5.41, 5.74) is 1.18. The third kappa shape index (κ3) is 3.93. The minimum atomic E-state index is 0.901. The van der Waals surface area contributed by atoms with Gasteiger partial charge in [0.15, 0.2) is 5.13 Å². The van der Waals surface area contributed by atoms with Crippen molar-refractivity contribution in [2.45, 2.75) is 26.3 Å². The summed E-state index contributed by atoms with van der Waals surface area (Å²) in [6.45, 7) is 8.74. The first-order valence-corrected chi connectivity index (χ1v) is 7.76. The lowest BCUT2D eigenvalue weighted by Gasteiger charge is -2.19. The molecule has 1 N–H and O–H groups in total. The van der Waals surface area contributed by atoms with Crippen molar-refractivity contribution in [2.24, 2.45) is 0 Å². The van der Waals surface area contributed by atoms with Gasteiger partial charge in [0.1, 0.15) is 0 Å². The number of hydrogen-bond donors (Lipinski definition) is 1. The van der Waals surface area contributed by atoms with Gasteiger partial charge < -0.3 is 15.1 Å². The molecule has 0 atom stereocenters. The second kappa shape index (κ2) is 7.07. The van der Waals surface area contributed by atoms with Crippen molar-refractivity contribution < 1.29 is 0 Å². The predicted octanol–water partition coefficient (Wildman–Crippen LogP) is 1.78. The molecule has 1 aliphatic rings. The zero-order valence-electron chi connectivity index (χ0n) is 11.5. The Balaban J connectivity index is 1.88. The molecule has 2 rings (SSSR count). The predicted molar refractivity (Wildman–Crippen MR) is 78.4 cm³/mol. The molecule has 1 aliphatic heterocycles. The summed E-state index contributed by atoms with van der Waals surface area (Å²) in [5, 5.41) is 6.78. The van der Waals surface area contributed by atoms with Crippen molar-refractivity contribution in [3.8, 4) is 0 Å². The Morgan fingerprint density at radius 2 is 2.22 bits per heavy atom. The molecule has 1 fully saturated rings. The largest absolute Gasteiger partial charge is 0.347 e. The van der Waals surface area contributed by atoms with Crippen molar-refractivity contribution in [1.82, 2.24) is 15.2 Å². The minimum Gasteiger partial charge on any atom is -0.347 e. The highest BCUT2D eigenvalue weighted by Crippen LogP contribution is 2.21. The Kier molecular flexibility index (Phi) is 5.41. The SMILES string of the molecule is CCCNCc1csc(N2CCCN(C)CC2)n1. The Hall–Kier alpha value is -0.650. The molecule has 102 valence electrons. The minimum absolute atomic E-state index is 0.901. The summed E-state index contributed by atoms with van der Waals surface area (Å²) in [6, 6.07) is 0. The lowest BCUT2D eigenvalue weighted by Crippen LogP contribution is -2.28. The van der Waals surface area contributed by atoms with Crippen molar-refractivity contribution in [3.05, 3.63) is 11.1 Å². The summed E-state index contributed by atoms with van der Waals surface area (Å²) < 4.78 is 0. The van der Waals surface area contributed by atoms with Crippen LogP contribution in [0.25, 0.3) is 0 Å². The lowest BCUT2D eigenvalue weighted by atomic mass is 10.4. The number of thiazole rings is 1. The molecular formula is C13H24N4S. The van der Waals surface area contributed by atoms with Crippen molar-refractivity contribution in [2.75, 3.05) is 44.7 Å². The molecule has 18 heavy (non-hydrogen) atoms. The molecule has 2 heterocycles. The summed E-state index contributed by atoms with van der Waals surface area (Å²) in [7, 11) is 2.20. The molecule has 4 nitrogen and oxygen atoms in total. The van der Waals surface area contributed by atoms with Gasteiger partial charge in [0.25, 0.3) is 0 Å². The first kappa shape index (κ1) is 13.8. The molecule has 0 aromatic carbocycles. The molecular weight excluding hydrogens is 244 g/mol. The first-order valence-electron chi connectivity index (χ1n) is 6.88. The maximum absolute atomic E-state index is 4.74. The maximum Gasteiger partial charge on any atom is 0.185 e. The Bertz CT molecular complexity index is 353. The average molecular weight is 268 g/mol. The van der Waals surface area contributed by atoms with Crippen LogP contribution in [0.15, 0.2) is 5.38 Å². The molecule has 0 unspecified atom stereocenters. The standard InChI is InChI=1S/C13H24N4S/c1-3-5-14-10-12-11-18-13(15-12)17-7-4-6-16(2)8-9-17/h11,14H,3-10H2,1-2H3. The summed E-state index contributed by atoms with van der Waals surface area (Å²) >= 11 is 1.78. The van der Waals surface area contributed by atoms with E-state index in [1.165, 1.54) is 30.2 Å². The van der Waals surface area contributed by atoms with Gasteiger partial charge in [-0.2, -0.15) is 0 Å². The van der Waals surface area contributed by atoms with Crippen LogP contribution in [0.3, 0.4) is 0 Å². The highest BCUT2D eigenvalue weighted by Gasteiger charge is 2.15. The van der Waals surface area contributed by atoms with Crippen LogP contribution in [0.5, 0.6) is 0 Å². The van der Waals surface area contributed by atoms with Crippen molar-refractivity contribution in [3.63, 3.8) is 0 Å². The van der Waals surface area contributed by atoms with Gasteiger partial charge in [-0.3, -0.25) is 0 Å². The van der Waals surface area contributed by atoms with E-state index in [-0.39, 0.29) is 0 Å². The smallest absolute Gasteiger partial charge is 0.185 e. The highest BCUT2D eigenvalue weighted by molar-refractivity contribution is 7.13. The van der Waals surface area contributed by atoms with Crippen LogP contribution in [-0.2, 0) is 6.54 Å². The third-order valence-electron chi connectivity index (χ3n) is 3.26. The van der Waals surface area contributed by atoms with Crippen LogP contribution < -0.4 is 10.2 Å². The molecule has 0 amide bonds.